The van der Waals surface area contributed by atoms with Gasteiger partial charge >= 0.3 is 0 Å². The van der Waals surface area contributed by atoms with Gasteiger partial charge in [0.2, 0.25) is 5.91 Å². The van der Waals surface area contributed by atoms with Crippen molar-refractivity contribution in [1.82, 2.24) is 0 Å². The number of benzene rings is 1. The van der Waals surface area contributed by atoms with Gasteiger partial charge in [-0.25, -0.2) is 0 Å². The summed E-state index contributed by atoms with van der Waals surface area (Å²) in [6.07, 6.45) is -0.0907. The molecule has 4 heteroatoms. The van der Waals surface area contributed by atoms with Crippen molar-refractivity contribution in [3.63, 3.8) is 0 Å². The Kier molecular flexibility index (Phi) is 4.48. The number of anilines is 1. The molecular formula is C14H19NO3. The third-order valence-corrected chi connectivity index (χ3v) is 2.93. The molecule has 0 aliphatic rings. The molecule has 98 valence electrons. The van der Waals surface area contributed by atoms with Gasteiger partial charge in [0.25, 0.3) is 0 Å². The average Bonchev–Trinajstić information content (AvgIpc) is 2.30. The van der Waals surface area contributed by atoms with E-state index in [4.69, 9.17) is 4.74 Å². The van der Waals surface area contributed by atoms with E-state index in [2.05, 4.69) is 0 Å². The molecule has 0 spiro atoms. The molecule has 0 N–H and O–H groups in total. The van der Waals surface area contributed by atoms with E-state index in [9.17, 15) is 9.59 Å². The van der Waals surface area contributed by atoms with Crippen LogP contribution in [-0.2, 0) is 9.59 Å². The molecule has 0 aromatic heterocycles. The van der Waals surface area contributed by atoms with Crippen LogP contribution in [0.3, 0.4) is 0 Å². The van der Waals surface area contributed by atoms with Crippen LogP contribution in [0.4, 0.5) is 5.69 Å². The zero-order valence-corrected chi connectivity index (χ0v) is 11.5. The second kappa shape index (κ2) is 5.67. The second-order valence-corrected chi connectivity index (χ2v) is 4.44. The van der Waals surface area contributed by atoms with Crippen LogP contribution in [0.5, 0.6) is 5.75 Å². The summed E-state index contributed by atoms with van der Waals surface area (Å²) in [7, 11) is 3.22. The maximum atomic E-state index is 11.9. The summed E-state index contributed by atoms with van der Waals surface area (Å²) < 4.78 is 5.28. The van der Waals surface area contributed by atoms with Gasteiger partial charge in [-0.1, -0.05) is 0 Å². The highest BCUT2D eigenvalue weighted by molar-refractivity contribution is 6.05. The number of ether oxygens (including phenoxy) is 1. The Morgan fingerprint density at radius 1 is 1.22 bits per heavy atom. The summed E-state index contributed by atoms with van der Waals surface area (Å²) in [5.74, 6) is 0.260. The fourth-order valence-electron chi connectivity index (χ4n) is 1.67. The number of amides is 1. The number of Topliss-reactive ketones (excluding diaryl/α,β-unsaturated/α-hetero) is 1. The van der Waals surface area contributed by atoms with Crippen LogP contribution in [0, 0.1) is 13.8 Å². The monoisotopic (exact) mass is 249 g/mol. The minimum Gasteiger partial charge on any atom is -0.495 e. The first kappa shape index (κ1) is 14.2. The standard InChI is InChI=1S/C14H19NO3/c1-9-6-12(13(18-5)7-10(9)2)15(4)14(17)8-11(3)16/h6-7H,8H2,1-5H3. The molecule has 0 fully saturated rings. The number of ketones is 1. The molecule has 1 aromatic carbocycles. The first-order valence-corrected chi connectivity index (χ1v) is 5.78. The lowest BCUT2D eigenvalue weighted by Gasteiger charge is -2.21. The second-order valence-electron chi connectivity index (χ2n) is 4.44. The minimum absolute atomic E-state index is 0.0907. The van der Waals surface area contributed by atoms with Crippen molar-refractivity contribution < 1.29 is 14.3 Å². The lowest BCUT2D eigenvalue weighted by Crippen LogP contribution is -2.28. The highest BCUT2D eigenvalue weighted by Crippen LogP contribution is 2.31. The molecule has 0 atom stereocenters. The average molecular weight is 249 g/mol. The van der Waals surface area contributed by atoms with Crippen LogP contribution in [0.25, 0.3) is 0 Å². The Balaban J connectivity index is 3.11. The van der Waals surface area contributed by atoms with Gasteiger partial charge in [0.15, 0.2) is 0 Å². The molecule has 0 bridgehead atoms. The Hall–Kier alpha value is -1.84. The van der Waals surface area contributed by atoms with Crippen LogP contribution in [0.15, 0.2) is 12.1 Å². The lowest BCUT2D eigenvalue weighted by atomic mass is 10.1. The number of rotatable bonds is 4. The molecular weight excluding hydrogens is 230 g/mol. The molecule has 18 heavy (non-hydrogen) atoms. The Bertz CT molecular complexity index is 480. The molecule has 0 aliphatic heterocycles. The molecule has 1 amide bonds. The summed E-state index contributed by atoms with van der Waals surface area (Å²) >= 11 is 0. The predicted octanol–water partition coefficient (Wildman–Crippen LogP) is 2.25. The zero-order chi connectivity index (χ0) is 13.9. The van der Waals surface area contributed by atoms with Crippen LogP contribution < -0.4 is 9.64 Å². The van der Waals surface area contributed by atoms with Crippen molar-refractivity contribution in [3.8, 4) is 5.75 Å². The fraction of sp³-hybridized carbons (Fsp3) is 0.429. The molecule has 1 aromatic rings. The number of hydrogen-bond donors (Lipinski definition) is 0. The third-order valence-electron chi connectivity index (χ3n) is 2.93. The Labute approximate surface area is 108 Å². The first-order valence-electron chi connectivity index (χ1n) is 5.78. The van der Waals surface area contributed by atoms with Crippen molar-refractivity contribution in [2.75, 3.05) is 19.1 Å². The number of methoxy groups -OCH3 is 1. The number of aryl methyl sites for hydroxylation is 2. The van der Waals surface area contributed by atoms with Gasteiger partial charge in [-0.3, -0.25) is 9.59 Å². The molecule has 0 saturated heterocycles. The van der Waals surface area contributed by atoms with Gasteiger partial charge < -0.3 is 9.64 Å². The smallest absolute Gasteiger partial charge is 0.234 e. The summed E-state index contributed by atoms with van der Waals surface area (Å²) in [5, 5.41) is 0. The normalized spacial score (nSPS) is 10.1. The van der Waals surface area contributed by atoms with Gasteiger partial charge in [0.1, 0.15) is 11.5 Å². The van der Waals surface area contributed by atoms with Crippen molar-refractivity contribution in [2.24, 2.45) is 0 Å². The molecule has 0 heterocycles. The minimum atomic E-state index is -0.232. The summed E-state index contributed by atoms with van der Waals surface area (Å²) in [6, 6.07) is 3.79. The van der Waals surface area contributed by atoms with Gasteiger partial charge in [0, 0.05) is 7.05 Å². The van der Waals surface area contributed by atoms with Crippen molar-refractivity contribution in [2.45, 2.75) is 27.2 Å². The van der Waals surface area contributed by atoms with Gasteiger partial charge in [0.05, 0.1) is 19.2 Å². The van der Waals surface area contributed by atoms with Crippen LogP contribution in [0.1, 0.15) is 24.5 Å². The quantitative estimate of drug-likeness (QED) is 0.769. The predicted molar refractivity (Wildman–Crippen MR) is 71.2 cm³/mol. The van der Waals surface area contributed by atoms with Crippen LogP contribution in [0.2, 0.25) is 0 Å². The SMILES string of the molecule is COc1cc(C)c(C)cc1N(C)C(=O)CC(C)=O. The number of carbonyl (C=O) groups excluding carboxylic acids is 2. The number of nitrogens with zero attached hydrogens (tertiary/aromatic N) is 1. The third kappa shape index (κ3) is 3.09. The van der Waals surface area contributed by atoms with Gasteiger partial charge in [-0.15, -0.1) is 0 Å². The molecule has 1 rings (SSSR count). The topological polar surface area (TPSA) is 46.6 Å². The highest BCUT2D eigenvalue weighted by Gasteiger charge is 2.17. The van der Waals surface area contributed by atoms with E-state index < -0.39 is 0 Å². The molecule has 0 unspecified atom stereocenters. The number of hydrogen-bond acceptors (Lipinski definition) is 3. The van der Waals surface area contributed by atoms with Crippen LogP contribution in [-0.4, -0.2) is 25.8 Å². The zero-order valence-electron chi connectivity index (χ0n) is 11.5. The van der Waals surface area contributed by atoms with Gasteiger partial charge in [-0.05, 0) is 44.0 Å². The van der Waals surface area contributed by atoms with E-state index in [1.54, 1.807) is 14.2 Å². The van der Waals surface area contributed by atoms with E-state index in [-0.39, 0.29) is 18.1 Å². The lowest BCUT2D eigenvalue weighted by molar-refractivity contribution is -0.125. The van der Waals surface area contributed by atoms with Crippen molar-refractivity contribution in [1.29, 1.82) is 0 Å². The molecule has 0 saturated carbocycles. The maximum Gasteiger partial charge on any atom is 0.234 e. The van der Waals surface area contributed by atoms with Gasteiger partial charge in [-0.2, -0.15) is 0 Å². The molecule has 0 aliphatic carbocycles. The van der Waals surface area contributed by atoms with Crippen molar-refractivity contribution >= 4 is 17.4 Å². The summed E-state index contributed by atoms with van der Waals surface area (Å²) in [6.45, 7) is 5.37. The highest BCUT2D eigenvalue weighted by atomic mass is 16.5. The van der Waals surface area contributed by atoms with Crippen LogP contribution >= 0.6 is 0 Å². The number of carbonyl (C=O) groups is 2. The Morgan fingerprint density at radius 3 is 2.28 bits per heavy atom. The van der Waals surface area contributed by atoms with E-state index in [0.717, 1.165) is 11.1 Å². The van der Waals surface area contributed by atoms with E-state index in [0.29, 0.717) is 11.4 Å². The Morgan fingerprint density at radius 2 is 1.78 bits per heavy atom. The van der Waals surface area contributed by atoms with E-state index in [1.807, 2.05) is 26.0 Å². The molecule has 4 nitrogen and oxygen atoms in total. The van der Waals surface area contributed by atoms with E-state index in [1.165, 1.54) is 11.8 Å². The first-order chi connectivity index (χ1) is 8.36. The molecule has 0 radical (unpaired) electrons. The largest absolute Gasteiger partial charge is 0.495 e. The maximum absolute atomic E-state index is 11.9. The fourth-order valence-corrected chi connectivity index (χ4v) is 1.67. The van der Waals surface area contributed by atoms with Crippen molar-refractivity contribution in [3.05, 3.63) is 23.3 Å². The summed E-state index contributed by atoms with van der Waals surface area (Å²) in [5.41, 5.74) is 2.86. The van der Waals surface area contributed by atoms with E-state index >= 15 is 0 Å². The summed E-state index contributed by atoms with van der Waals surface area (Å²) in [4.78, 5) is 24.3.